The zero-order chi connectivity index (χ0) is 21.3. The summed E-state index contributed by atoms with van der Waals surface area (Å²) in [4.78, 5) is 13.0. The minimum absolute atomic E-state index is 0.105. The van der Waals surface area contributed by atoms with Gasteiger partial charge in [0.25, 0.3) is 5.91 Å². The summed E-state index contributed by atoms with van der Waals surface area (Å²) in [7, 11) is 0. The molecule has 0 saturated carbocycles. The van der Waals surface area contributed by atoms with E-state index in [-0.39, 0.29) is 11.9 Å². The van der Waals surface area contributed by atoms with Gasteiger partial charge in [-0.3, -0.25) is 10.2 Å². The first kappa shape index (κ1) is 21.2. The predicted octanol–water partition coefficient (Wildman–Crippen LogP) is 6.01. The standard InChI is InChI=1S/C22H21Cl3N4O/c1-14-13-29(20-10-9-17(24)12-18(20)25)26-21(14)22(30)27-28-11-3-2-4-19(28)15-5-7-16(23)8-6-15/h5-10,12-13,19H,2-4,11H2,1H3,(H,27,30). The van der Waals surface area contributed by atoms with Crippen molar-refractivity contribution >= 4 is 40.7 Å². The van der Waals surface area contributed by atoms with E-state index in [2.05, 4.69) is 10.5 Å². The number of amides is 1. The number of nitrogens with zero attached hydrogens (tertiary/aromatic N) is 3. The first-order valence-electron chi connectivity index (χ1n) is 9.77. The number of aryl methyl sites for hydroxylation is 1. The van der Waals surface area contributed by atoms with E-state index in [0.717, 1.165) is 36.9 Å². The summed E-state index contributed by atoms with van der Waals surface area (Å²) in [5, 5.41) is 8.20. The number of carbonyl (C=O) groups excluding carboxylic acids is 1. The Morgan fingerprint density at radius 1 is 1.07 bits per heavy atom. The molecule has 1 fully saturated rings. The zero-order valence-corrected chi connectivity index (χ0v) is 18.7. The monoisotopic (exact) mass is 462 g/mol. The molecule has 1 saturated heterocycles. The van der Waals surface area contributed by atoms with Crippen LogP contribution >= 0.6 is 34.8 Å². The Morgan fingerprint density at radius 2 is 1.80 bits per heavy atom. The van der Waals surface area contributed by atoms with Crippen LogP contribution in [0, 0.1) is 6.92 Å². The number of nitrogens with one attached hydrogen (secondary N) is 1. The molecule has 0 aliphatic carbocycles. The number of rotatable bonds is 4. The largest absolute Gasteiger partial charge is 0.286 e. The Balaban J connectivity index is 1.55. The number of halogens is 3. The van der Waals surface area contributed by atoms with Crippen LogP contribution in [0.1, 0.15) is 46.9 Å². The van der Waals surface area contributed by atoms with Crippen molar-refractivity contribution in [2.24, 2.45) is 0 Å². The number of aromatic nitrogens is 2. The maximum Gasteiger partial charge on any atom is 0.286 e. The fraction of sp³-hybridized carbons (Fsp3) is 0.273. The van der Waals surface area contributed by atoms with E-state index in [9.17, 15) is 4.79 Å². The predicted molar refractivity (Wildman–Crippen MR) is 121 cm³/mol. The van der Waals surface area contributed by atoms with Gasteiger partial charge in [0.1, 0.15) is 0 Å². The van der Waals surface area contributed by atoms with Crippen LogP contribution in [0.25, 0.3) is 5.69 Å². The molecule has 0 spiro atoms. The summed E-state index contributed by atoms with van der Waals surface area (Å²) < 4.78 is 1.61. The average Bonchev–Trinajstić information content (AvgIpc) is 3.10. The van der Waals surface area contributed by atoms with Crippen molar-refractivity contribution in [1.29, 1.82) is 0 Å². The lowest BCUT2D eigenvalue weighted by Crippen LogP contribution is -2.47. The molecule has 1 atom stereocenters. The highest BCUT2D eigenvalue weighted by Crippen LogP contribution is 2.30. The fourth-order valence-corrected chi connectivity index (χ4v) is 4.38. The molecule has 3 aromatic rings. The van der Waals surface area contributed by atoms with Crippen molar-refractivity contribution in [3.8, 4) is 5.69 Å². The second kappa shape index (κ2) is 8.98. The molecule has 0 radical (unpaired) electrons. The van der Waals surface area contributed by atoms with E-state index in [4.69, 9.17) is 34.8 Å². The molecule has 8 heteroatoms. The van der Waals surface area contributed by atoms with E-state index in [1.54, 1.807) is 29.1 Å². The van der Waals surface area contributed by atoms with Gasteiger partial charge in [0.2, 0.25) is 0 Å². The van der Waals surface area contributed by atoms with Gasteiger partial charge >= 0.3 is 0 Å². The van der Waals surface area contributed by atoms with Crippen molar-refractivity contribution in [3.63, 3.8) is 0 Å². The molecule has 1 aromatic heterocycles. The highest BCUT2D eigenvalue weighted by atomic mass is 35.5. The average molecular weight is 464 g/mol. The van der Waals surface area contributed by atoms with E-state index in [1.807, 2.05) is 36.2 Å². The molecule has 1 unspecified atom stereocenters. The van der Waals surface area contributed by atoms with Gasteiger partial charge < -0.3 is 0 Å². The third-order valence-electron chi connectivity index (χ3n) is 5.27. The van der Waals surface area contributed by atoms with E-state index in [1.165, 1.54) is 0 Å². The van der Waals surface area contributed by atoms with Crippen LogP contribution in [-0.2, 0) is 0 Å². The molecule has 2 aromatic carbocycles. The molecule has 30 heavy (non-hydrogen) atoms. The third-order valence-corrected chi connectivity index (χ3v) is 6.06. The molecule has 1 amide bonds. The van der Waals surface area contributed by atoms with Gasteiger partial charge in [0.05, 0.1) is 16.8 Å². The Kier molecular flexibility index (Phi) is 6.34. The summed E-state index contributed by atoms with van der Waals surface area (Å²) in [5.74, 6) is -0.239. The normalized spacial score (nSPS) is 17.1. The van der Waals surface area contributed by atoms with Gasteiger partial charge in [-0.1, -0.05) is 53.4 Å². The fourth-order valence-electron chi connectivity index (χ4n) is 3.76. The van der Waals surface area contributed by atoms with Gasteiger partial charge in [-0.2, -0.15) is 5.10 Å². The zero-order valence-electron chi connectivity index (χ0n) is 16.4. The minimum Gasteiger partial charge on any atom is -0.283 e. The van der Waals surface area contributed by atoms with Crippen LogP contribution in [-0.4, -0.2) is 27.2 Å². The highest BCUT2D eigenvalue weighted by molar-refractivity contribution is 6.35. The molecule has 4 rings (SSSR count). The lowest BCUT2D eigenvalue weighted by atomic mass is 9.97. The molecular weight excluding hydrogens is 443 g/mol. The Hall–Kier alpha value is -2.05. The number of hydrazine groups is 1. The second-order valence-corrected chi connectivity index (χ2v) is 8.68. The topological polar surface area (TPSA) is 50.2 Å². The maximum atomic E-state index is 13.0. The van der Waals surface area contributed by atoms with E-state index in [0.29, 0.717) is 26.4 Å². The van der Waals surface area contributed by atoms with Crippen LogP contribution in [0.4, 0.5) is 0 Å². The van der Waals surface area contributed by atoms with Gasteiger partial charge in [0.15, 0.2) is 5.69 Å². The first-order chi connectivity index (χ1) is 14.4. The number of hydrogen-bond donors (Lipinski definition) is 1. The highest BCUT2D eigenvalue weighted by Gasteiger charge is 2.27. The van der Waals surface area contributed by atoms with Crippen molar-refractivity contribution < 1.29 is 4.79 Å². The third kappa shape index (κ3) is 4.49. The smallest absolute Gasteiger partial charge is 0.283 e. The molecule has 1 aliphatic rings. The van der Waals surface area contributed by atoms with E-state index < -0.39 is 0 Å². The second-order valence-electron chi connectivity index (χ2n) is 7.40. The Bertz CT molecular complexity index is 1060. The van der Waals surface area contributed by atoms with Crippen molar-refractivity contribution in [2.75, 3.05) is 6.54 Å². The summed E-state index contributed by atoms with van der Waals surface area (Å²) in [5.41, 5.74) is 5.98. The van der Waals surface area contributed by atoms with Crippen LogP contribution in [0.3, 0.4) is 0 Å². The van der Waals surface area contributed by atoms with Gasteiger partial charge in [-0.05, 0) is 55.7 Å². The summed E-state index contributed by atoms with van der Waals surface area (Å²) >= 11 is 18.3. The molecule has 5 nitrogen and oxygen atoms in total. The Labute approximate surface area is 190 Å². The molecular formula is C22H21Cl3N4O. The van der Waals surface area contributed by atoms with E-state index >= 15 is 0 Å². The van der Waals surface area contributed by atoms with Crippen molar-refractivity contribution in [1.82, 2.24) is 20.2 Å². The number of benzene rings is 2. The minimum atomic E-state index is -0.239. The molecule has 1 N–H and O–H groups in total. The van der Waals surface area contributed by atoms with Gasteiger partial charge in [-0.15, -0.1) is 0 Å². The van der Waals surface area contributed by atoms with Crippen LogP contribution < -0.4 is 5.43 Å². The molecule has 1 aliphatic heterocycles. The van der Waals surface area contributed by atoms with Gasteiger partial charge in [-0.25, -0.2) is 9.69 Å². The molecule has 2 heterocycles. The van der Waals surface area contributed by atoms with Crippen LogP contribution in [0.2, 0.25) is 15.1 Å². The number of piperidine rings is 1. The lowest BCUT2D eigenvalue weighted by molar-refractivity contribution is 0.0565. The van der Waals surface area contributed by atoms with Gasteiger partial charge in [0, 0.05) is 28.4 Å². The first-order valence-corrected chi connectivity index (χ1v) is 10.9. The Morgan fingerprint density at radius 3 is 2.53 bits per heavy atom. The van der Waals surface area contributed by atoms with Crippen LogP contribution in [0.15, 0.2) is 48.7 Å². The molecule has 156 valence electrons. The quantitative estimate of drug-likeness (QED) is 0.515. The summed E-state index contributed by atoms with van der Waals surface area (Å²) in [6, 6.07) is 13.1. The number of hydrogen-bond acceptors (Lipinski definition) is 3. The molecule has 0 bridgehead atoms. The lowest BCUT2D eigenvalue weighted by Gasteiger charge is -2.35. The summed E-state index contributed by atoms with van der Waals surface area (Å²) in [6.07, 6.45) is 4.90. The van der Waals surface area contributed by atoms with Crippen molar-refractivity contribution in [2.45, 2.75) is 32.2 Å². The van der Waals surface area contributed by atoms with Crippen molar-refractivity contribution in [3.05, 3.63) is 80.6 Å². The van der Waals surface area contributed by atoms with Crippen LogP contribution in [0.5, 0.6) is 0 Å². The maximum absolute atomic E-state index is 13.0. The summed E-state index contributed by atoms with van der Waals surface area (Å²) in [6.45, 7) is 2.64. The SMILES string of the molecule is Cc1cn(-c2ccc(Cl)cc2Cl)nc1C(=O)NN1CCCCC1c1ccc(Cl)cc1. The number of carbonyl (C=O) groups is 1.